The van der Waals surface area contributed by atoms with Gasteiger partial charge in [0.1, 0.15) is 23.3 Å². The van der Waals surface area contributed by atoms with Crippen molar-refractivity contribution in [2.24, 2.45) is 0 Å². The molecular weight excluding hydrogens is 346 g/mol. The number of H-pyrrole nitrogens is 1. The fourth-order valence-corrected chi connectivity index (χ4v) is 3.27. The molecule has 0 radical (unpaired) electrons. The number of nitrogens with one attached hydrogen (secondary N) is 1. The van der Waals surface area contributed by atoms with Crippen molar-refractivity contribution in [3.63, 3.8) is 0 Å². The normalized spacial score (nSPS) is 17.4. The number of hydrogen-bond acceptors (Lipinski definition) is 5. The second-order valence-corrected chi connectivity index (χ2v) is 6.51. The molecule has 1 fully saturated rings. The summed E-state index contributed by atoms with van der Waals surface area (Å²) in [7, 11) is 1.60. The summed E-state index contributed by atoms with van der Waals surface area (Å²) in [4.78, 5) is 28.9. The lowest BCUT2D eigenvalue weighted by molar-refractivity contribution is -0.121. The molecule has 1 N–H and O–H groups in total. The number of benzene rings is 2. The number of carbonyl (C=O) groups excluding carboxylic acids is 2. The summed E-state index contributed by atoms with van der Waals surface area (Å²) in [6.45, 7) is 2.40. The maximum atomic E-state index is 12.9. The lowest BCUT2D eigenvalue weighted by atomic mass is 10.1. The number of carbonyl (C=O) groups is 2. The molecule has 1 atom stereocenters. The van der Waals surface area contributed by atoms with Crippen molar-refractivity contribution < 1.29 is 14.3 Å². The van der Waals surface area contributed by atoms with Crippen LogP contribution in [0.2, 0.25) is 0 Å². The van der Waals surface area contributed by atoms with E-state index in [9.17, 15) is 9.59 Å². The number of aromatic nitrogens is 3. The molecule has 2 amide bonds. The first-order valence-corrected chi connectivity index (χ1v) is 8.63. The van der Waals surface area contributed by atoms with Crippen molar-refractivity contribution in [3.8, 4) is 5.75 Å². The van der Waals surface area contributed by atoms with Gasteiger partial charge in [0.15, 0.2) is 0 Å². The summed E-state index contributed by atoms with van der Waals surface area (Å²) in [5.41, 5.74) is 2.61. The van der Waals surface area contributed by atoms with E-state index in [0.717, 1.165) is 11.4 Å². The van der Waals surface area contributed by atoms with E-state index in [4.69, 9.17) is 4.74 Å². The Labute approximate surface area is 155 Å². The Hall–Kier alpha value is -3.42. The zero-order valence-corrected chi connectivity index (χ0v) is 15.0. The van der Waals surface area contributed by atoms with Crippen molar-refractivity contribution in [2.75, 3.05) is 25.1 Å². The molecule has 27 heavy (non-hydrogen) atoms. The number of ether oxygens (including phenoxy) is 1. The van der Waals surface area contributed by atoms with Gasteiger partial charge >= 0.3 is 0 Å². The van der Waals surface area contributed by atoms with Gasteiger partial charge in [-0.2, -0.15) is 15.4 Å². The number of nitrogens with zero attached hydrogens (tertiary/aromatic N) is 4. The predicted molar refractivity (Wildman–Crippen MR) is 99.7 cm³/mol. The second-order valence-electron chi connectivity index (χ2n) is 6.51. The Morgan fingerprint density at radius 2 is 1.89 bits per heavy atom. The molecule has 2 heterocycles. The smallest absolute Gasteiger partial charge is 0.254 e. The molecule has 1 aliphatic rings. The molecule has 0 unspecified atom stereocenters. The molecule has 2 aromatic carbocycles. The molecule has 0 aliphatic carbocycles. The first-order valence-electron chi connectivity index (χ1n) is 8.63. The van der Waals surface area contributed by atoms with Gasteiger partial charge < -0.3 is 14.5 Å². The first kappa shape index (κ1) is 17.0. The summed E-state index contributed by atoms with van der Waals surface area (Å²) in [5.74, 6) is 0.431. The van der Waals surface area contributed by atoms with Gasteiger partial charge in [0.05, 0.1) is 7.11 Å². The largest absolute Gasteiger partial charge is 0.497 e. The van der Waals surface area contributed by atoms with Crippen LogP contribution < -0.4 is 9.64 Å². The van der Waals surface area contributed by atoms with Crippen molar-refractivity contribution in [1.29, 1.82) is 0 Å². The molecule has 1 saturated heterocycles. The van der Waals surface area contributed by atoms with Crippen LogP contribution in [0.15, 0.2) is 42.5 Å². The van der Waals surface area contributed by atoms with Crippen molar-refractivity contribution in [2.45, 2.75) is 13.0 Å². The topological polar surface area (TPSA) is 91.4 Å². The first-order chi connectivity index (χ1) is 13.1. The summed E-state index contributed by atoms with van der Waals surface area (Å²) in [5, 5.41) is 10.5. The number of piperazine rings is 1. The van der Waals surface area contributed by atoms with E-state index in [0.29, 0.717) is 23.1 Å². The molecule has 8 heteroatoms. The lowest BCUT2D eigenvalue weighted by Crippen LogP contribution is -2.57. The Kier molecular flexibility index (Phi) is 4.23. The van der Waals surface area contributed by atoms with E-state index in [1.54, 1.807) is 35.1 Å². The van der Waals surface area contributed by atoms with Gasteiger partial charge in [-0.05, 0) is 49.4 Å². The van der Waals surface area contributed by atoms with Crippen LogP contribution in [0.25, 0.3) is 11.0 Å². The molecule has 138 valence electrons. The van der Waals surface area contributed by atoms with Gasteiger partial charge in [-0.25, -0.2) is 0 Å². The summed E-state index contributed by atoms with van der Waals surface area (Å²) in [6.07, 6.45) is 0. The highest BCUT2D eigenvalue weighted by Gasteiger charge is 2.33. The van der Waals surface area contributed by atoms with Gasteiger partial charge in [0, 0.05) is 23.8 Å². The molecule has 0 saturated carbocycles. The number of amides is 2. The number of aromatic amines is 1. The minimum absolute atomic E-state index is 0.0306. The monoisotopic (exact) mass is 365 g/mol. The SMILES string of the molecule is COc1ccc(N2C[C@H](C)N(C(=O)c3ccc4n[nH]nc4c3)CC2=O)cc1. The Balaban J connectivity index is 1.54. The zero-order valence-electron chi connectivity index (χ0n) is 15.0. The Morgan fingerprint density at radius 1 is 1.15 bits per heavy atom. The van der Waals surface area contributed by atoms with E-state index in [2.05, 4.69) is 15.4 Å². The van der Waals surface area contributed by atoms with Crippen LogP contribution in [0, 0.1) is 0 Å². The molecule has 0 bridgehead atoms. The number of fused-ring (bicyclic) bond motifs is 1. The van der Waals surface area contributed by atoms with Crippen molar-refractivity contribution in [1.82, 2.24) is 20.3 Å². The minimum atomic E-state index is -0.185. The maximum Gasteiger partial charge on any atom is 0.254 e. The maximum absolute atomic E-state index is 12.9. The van der Waals surface area contributed by atoms with Crippen LogP contribution in [0.5, 0.6) is 5.75 Å². The van der Waals surface area contributed by atoms with Crippen molar-refractivity contribution >= 4 is 28.5 Å². The summed E-state index contributed by atoms with van der Waals surface area (Å²) in [6, 6.07) is 12.3. The van der Waals surface area contributed by atoms with Gasteiger partial charge in [0.2, 0.25) is 5.91 Å². The quantitative estimate of drug-likeness (QED) is 0.765. The van der Waals surface area contributed by atoms with Crippen LogP contribution in [-0.4, -0.2) is 58.4 Å². The molecule has 1 aliphatic heterocycles. The van der Waals surface area contributed by atoms with Gasteiger partial charge in [-0.15, -0.1) is 0 Å². The predicted octanol–water partition coefficient (Wildman–Crippen LogP) is 1.84. The van der Waals surface area contributed by atoms with Crippen molar-refractivity contribution in [3.05, 3.63) is 48.0 Å². The van der Waals surface area contributed by atoms with E-state index >= 15 is 0 Å². The Bertz CT molecular complexity index is 998. The highest BCUT2D eigenvalue weighted by molar-refractivity contribution is 6.03. The minimum Gasteiger partial charge on any atom is -0.497 e. The third-order valence-corrected chi connectivity index (χ3v) is 4.79. The van der Waals surface area contributed by atoms with E-state index in [-0.39, 0.29) is 24.4 Å². The average Bonchev–Trinajstić information content (AvgIpc) is 3.17. The second kappa shape index (κ2) is 6.71. The number of hydrogen-bond donors (Lipinski definition) is 1. The number of anilines is 1. The van der Waals surface area contributed by atoms with E-state index in [1.807, 2.05) is 31.2 Å². The molecule has 4 rings (SSSR count). The zero-order chi connectivity index (χ0) is 19.0. The van der Waals surface area contributed by atoms with Crippen LogP contribution in [0.1, 0.15) is 17.3 Å². The lowest BCUT2D eigenvalue weighted by Gasteiger charge is -2.39. The average molecular weight is 365 g/mol. The molecule has 0 spiro atoms. The highest BCUT2D eigenvalue weighted by atomic mass is 16.5. The van der Waals surface area contributed by atoms with Gasteiger partial charge in [0.25, 0.3) is 5.91 Å². The van der Waals surface area contributed by atoms with E-state index < -0.39 is 0 Å². The number of rotatable bonds is 3. The number of methoxy groups -OCH3 is 1. The van der Waals surface area contributed by atoms with Crippen LogP contribution in [-0.2, 0) is 4.79 Å². The standard InChI is InChI=1S/C19H19N5O3/c1-12-10-24(14-4-6-15(27-2)7-5-14)18(25)11-23(12)19(26)13-3-8-16-17(9-13)21-22-20-16/h3-9,12H,10-11H2,1-2H3,(H,20,21,22)/t12-/m0/s1. The molecule has 1 aromatic heterocycles. The third-order valence-electron chi connectivity index (χ3n) is 4.79. The summed E-state index contributed by atoms with van der Waals surface area (Å²) >= 11 is 0. The molecular formula is C19H19N5O3. The highest BCUT2D eigenvalue weighted by Crippen LogP contribution is 2.24. The van der Waals surface area contributed by atoms with Crippen LogP contribution >= 0.6 is 0 Å². The third kappa shape index (κ3) is 3.10. The fraction of sp³-hybridized carbons (Fsp3) is 0.263. The van der Waals surface area contributed by atoms with Gasteiger partial charge in [-0.3, -0.25) is 9.59 Å². The summed E-state index contributed by atoms with van der Waals surface area (Å²) < 4.78 is 5.16. The van der Waals surface area contributed by atoms with Gasteiger partial charge in [-0.1, -0.05) is 0 Å². The van der Waals surface area contributed by atoms with E-state index in [1.165, 1.54) is 0 Å². The molecule has 8 nitrogen and oxygen atoms in total. The van der Waals surface area contributed by atoms with Crippen LogP contribution in [0.3, 0.4) is 0 Å². The molecule has 3 aromatic rings. The fourth-order valence-electron chi connectivity index (χ4n) is 3.27. The van der Waals surface area contributed by atoms with Crippen LogP contribution in [0.4, 0.5) is 5.69 Å². The Morgan fingerprint density at radius 3 is 2.63 bits per heavy atom.